The summed E-state index contributed by atoms with van der Waals surface area (Å²) in [6, 6.07) is 7.50. The number of carboxylic acids is 1. The van der Waals surface area contributed by atoms with Crippen LogP contribution in [-0.2, 0) is 11.3 Å². The van der Waals surface area contributed by atoms with Crippen molar-refractivity contribution in [1.29, 1.82) is 0 Å². The highest BCUT2D eigenvalue weighted by atomic mass is 35.5. The monoisotopic (exact) mass is 310 g/mol. The molecule has 0 bridgehead atoms. The van der Waals surface area contributed by atoms with Crippen LogP contribution in [0.3, 0.4) is 0 Å². The van der Waals surface area contributed by atoms with Crippen LogP contribution in [0.5, 0.6) is 0 Å². The zero-order valence-corrected chi connectivity index (χ0v) is 13.1. The number of benzene rings is 1. The molecule has 0 aromatic heterocycles. The van der Waals surface area contributed by atoms with Gasteiger partial charge in [-0.3, -0.25) is 9.69 Å². The summed E-state index contributed by atoms with van der Waals surface area (Å²) in [5, 5.41) is 12.8. The molecule has 1 aromatic rings. The van der Waals surface area contributed by atoms with Crippen molar-refractivity contribution in [2.45, 2.75) is 31.8 Å². The van der Waals surface area contributed by atoms with E-state index in [1.807, 2.05) is 18.2 Å². The highest BCUT2D eigenvalue weighted by molar-refractivity contribution is 6.30. The van der Waals surface area contributed by atoms with Crippen molar-refractivity contribution in [3.05, 3.63) is 34.9 Å². The first-order valence-electron chi connectivity index (χ1n) is 7.45. The molecule has 1 heterocycles. The molecule has 5 heteroatoms. The van der Waals surface area contributed by atoms with Gasteiger partial charge in [-0.05, 0) is 56.5 Å². The summed E-state index contributed by atoms with van der Waals surface area (Å²) in [4.78, 5) is 13.5. The standard InChI is InChI=1S/C16H23ClN2O2/c1-18-15(16(20)21)9-13-5-3-7-19(11-13)10-12-4-2-6-14(17)8-12/h2,4,6,8,13,15,18H,3,5,7,9-11H2,1H3,(H,20,21). The number of hydrogen-bond acceptors (Lipinski definition) is 3. The van der Waals surface area contributed by atoms with Crippen LogP contribution in [0, 0.1) is 5.92 Å². The number of halogens is 1. The molecule has 1 aliphatic rings. The average molecular weight is 311 g/mol. The Morgan fingerprint density at radius 3 is 3.05 bits per heavy atom. The Bertz CT molecular complexity index is 481. The summed E-state index contributed by atoms with van der Waals surface area (Å²) < 4.78 is 0. The van der Waals surface area contributed by atoms with Crippen molar-refractivity contribution in [3.8, 4) is 0 Å². The Morgan fingerprint density at radius 1 is 1.57 bits per heavy atom. The van der Waals surface area contributed by atoms with E-state index in [0.29, 0.717) is 12.3 Å². The van der Waals surface area contributed by atoms with Crippen LogP contribution in [0.1, 0.15) is 24.8 Å². The summed E-state index contributed by atoms with van der Waals surface area (Å²) >= 11 is 6.02. The van der Waals surface area contributed by atoms with Crippen molar-refractivity contribution in [2.24, 2.45) is 5.92 Å². The number of likely N-dealkylation sites (tertiary alicyclic amines) is 1. The minimum atomic E-state index is -0.760. The minimum absolute atomic E-state index is 0.437. The fourth-order valence-electron chi connectivity index (χ4n) is 3.06. The Hall–Kier alpha value is -1.10. The second kappa shape index (κ2) is 7.78. The first kappa shape index (κ1) is 16.3. The third-order valence-electron chi connectivity index (χ3n) is 4.11. The van der Waals surface area contributed by atoms with Gasteiger partial charge in [0.15, 0.2) is 0 Å². The average Bonchev–Trinajstić information content (AvgIpc) is 2.45. The third-order valence-corrected chi connectivity index (χ3v) is 4.35. The molecule has 1 aromatic carbocycles. The quantitative estimate of drug-likeness (QED) is 0.848. The predicted octanol–water partition coefficient (Wildman–Crippen LogP) is 2.61. The van der Waals surface area contributed by atoms with Crippen LogP contribution in [-0.4, -0.2) is 42.2 Å². The molecule has 2 N–H and O–H groups in total. The number of hydrogen-bond donors (Lipinski definition) is 2. The van der Waals surface area contributed by atoms with E-state index in [1.54, 1.807) is 7.05 Å². The number of aliphatic carboxylic acids is 1. The van der Waals surface area contributed by atoms with Gasteiger partial charge in [0.2, 0.25) is 0 Å². The first-order valence-corrected chi connectivity index (χ1v) is 7.83. The van der Waals surface area contributed by atoms with Gasteiger partial charge in [-0.2, -0.15) is 0 Å². The third kappa shape index (κ3) is 4.99. The normalized spacial score (nSPS) is 21.1. The van der Waals surface area contributed by atoms with Crippen LogP contribution in [0.4, 0.5) is 0 Å². The van der Waals surface area contributed by atoms with Crippen LogP contribution < -0.4 is 5.32 Å². The van der Waals surface area contributed by atoms with Gasteiger partial charge in [0.05, 0.1) is 0 Å². The molecule has 0 amide bonds. The lowest BCUT2D eigenvalue weighted by Crippen LogP contribution is -2.41. The van der Waals surface area contributed by atoms with Crippen LogP contribution >= 0.6 is 11.6 Å². The molecular formula is C16H23ClN2O2. The summed E-state index contributed by atoms with van der Waals surface area (Å²) in [5.74, 6) is -0.323. The molecule has 4 nitrogen and oxygen atoms in total. The minimum Gasteiger partial charge on any atom is -0.480 e. The lowest BCUT2D eigenvalue weighted by molar-refractivity contribution is -0.139. The van der Waals surface area contributed by atoms with Gasteiger partial charge in [-0.1, -0.05) is 23.7 Å². The van der Waals surface area contributed by atoms with E-state index < -0.39 is 12.0 Å². The maximum atomic E-state index is 11.1. The number of likely N-dealkylation sites (N-methyl/N-ethyl adjacent to an activating group) is 1. The molecular weight excluding hydrogens is 288 g/mol. The molecule has 0 saturated carbocycles. The molecule has 0 spiro atoms. The highest BCUT2D eigenvalue weighted by Crippen LogP contribution is 2.23. The number of nitrogens with zero attached hydrogens (tertiary/aromatic N) is 1. The second-order valence-corrected chi connectivity index (χ2v) is 6.22. The summed E-state index contributed by atoms with van der Waals surface area (Å²) in [6.07, 6.45) is 2.93. The second-order valence-electron chi connectivity index (χ2n) is 5.79. The van der Waals surface area contributed by atoms with Crippen molar-refractivity contribution >= 4 is 17.6 Å². The van der Waals surface area contributed by atoms with Crippen molar-refractivity contribution in [3.63, 3.8) is 0 Å². The molecule has 0 aliphatic carbocycles. The van der Waals surface area contributed by atoms with E-state index in [0.717, 1.165) is 37.5 Å². The molecule has 2 rings (SSSR count). The maximum Gasteiger partial charge on any atom is 0.320 e. The number of piperidine rings is 1. The van der Waals surface area contributed by atoms with Gasteiger partial charge in [0, 0.05) is 18.1 Å². The van der Waals surface area contributed by atoms with Crippen molar-refractivity contribution in [1.82, 2.24) is 10.2 Å². The van der Waals surface area contributed by atoms with E-state index in [9.17, 15) is 4.79 Å². The van der Waals surface area contributed by atoms with E-state index in [-0.39, 0.29) is 0 Å². The highest BCUT2D eigenvalue weighted by Gasteiger charge is 2.25. The molecule has 1 aliphatic heterocycles. The van der Waals surface area contributed by atoms with Crippen LogP contribution in [0.25, 0.3) is 0 Å². The Labute approximate surface area is 131 Å². The molecule has 0 radical (unpaired) electrons. The summed E-state index contributed by atoms with van der Waals surface area (Å²) in [6.45, 7) is 2.91. The number of nitrogens with one attached hydrogen (secondary N) is 1. The van der Waals surface area contributed by atoms with Gasteiger partial charge in [0.1, 0.15) is 6.04 Å². The molecule has 116 valence electrons. The van der Waals surface area contributed by atoms with E-state index in [1.165, 1.54) is 5.56 Å². The van der Waals surface area contributed by atoms with E-state index in [4.69, 9.17) is 16.7 Å². The smallest absolute Gasteiger partial charge is 0.320 e. The lowest BCUT2D eigenvalue weighted by Gasteiger charge is -2.33. The fraction of sp³-hybridized carbons (Fsp3) is 0.562. The van der Waals surface area contributed by atoms with Gasteiger partial charge >= 0.3 is 5.97 Å². The van der Waals surface area contributed by atoms with E-state index >= 15 is 0 Å². The molecule has 2 atom stereocenters. The number of carbonyl (C=O) groups is 1. The molecule has 2 unspecified atom stereocenters. The van der Waals surface area contributed by atoms with E-state index in [2.05, 4.69) is 16.3 Å². The number of rotatable bonds is 6. The lowest BCUT2D eigenvalue weighted by atomic mass is 9.91. The van der Waals surface area contributed by atoms with Gasteiger partial charge in [-0.15, -0.1) is 0 Å². The zero-order chi connectivity index (χ0) is 15.2. The predicted molar refractivity (Wildman–Crippen MR) is 84.6 cm³/mol. The van der Waals surface area contributed by atoms with Crippen LogP contribution in [0.2, 0.25) is 5.02 Å². The first-order chi connectivity index (χ1) is 10.1. The van der Waals surface area contributed by atoms with Gasteiger partial charge < -0.3 is 10.4 Å². The van der Waals surface area contributed by atoms with Crippen LogP contribution in [0.15, 0.2) is 24.3 Å². The molecule has 1 saturated heterocycles. The molecule has 1 fully saturated rings. The van der Waals surface area contributed by atoms with Gasteiger partial charge in [-0.25, -0.2) is 0 Å². The Morgan fingerprint density at radius 2 is 2.38 bits per heavy atom. The van der Waals surface area contributed by atoms with Gasteiger partial charge in [0.25, 0.3) is 0 Å². The fourth-order valence-corrected chi connectivity index (χ4v) is 3.27. The van der Waals surface area contributed by atoms with Crippen molar-refractivity contribution in [2.75, 3.05) is 20.1 Å². The summed E-state index contributed by atoms with van der Waals surface area (Å²) in [5.41, 5.74) is 1.21. The Balaban J connectivity index is 1.90. The van der Waals surface area contributed by atoms with Crippen molar-refractivity contribution < 1.29 is 9.90 Å². The largest absolute Gasteiger partial charge is 0.480 e. The topological polar surface area (TPSA) is 52.6 Å². The molecule has 21 heavy (non-hydrogen) atoms. The Kier molecular flexibility index (Phi) is 6.03. The zero-order valence-electron chi connectivity index (χ0n) is 12.4. The summed E-state index contributed by atoms with van der Waals surface area (Å²) in [7, 11) is 1.71. The number of carboxylic acid groups (broad SMARTS) is 1. The SMILES string of the molecule is CNC(CC1CCCN(Cc2cccc(Cl)c2)C1)C(=O)O. The maximum absolute atomic E-state index is 11.1.